The third kappa shape index (κ3) is 2.13. The summed E-state index contributed by atoms with van der Waals surface area (Å²) < 4.78 is 0. The highest BCUT2D eigenvalue weighted by Gasteiger charge is 2.21. The topological polar surface area (TPSA) is 27.6 Å². The van der Waals surface area contributed by atoms with Crippen LogP contribution in [0.25, 0.3) is 0 Å². The molecule has 1 aliphatic rings. The van der Waals surface area contributed by atoms with Crippen molar-refractivity contribution in [1.82, 2.24) is 10.3 Å². The zero-order chi connectivity index (χ0) is 8.97. The van der Waals surface area contributed by atoms with Gasteiger partial charge in [-0.2, -0.15) is 5.10 Å². The van der Waals surface area contributed by atoms with E-state index in [-0.39, 0.29) is 0 Å². The first-order valence-electron chi connectivity index (χ1n) is 4.80. The van der Waals surface area contributed by atoms with Crippen LogP contribution in [0.3, 0.4) is 0 Å². The first-order valence-corrected chi connectivity index (χ1v) is 4.80. The largest absolute Gasteiger partial charge is 0.339 e. The number of nitrogens with one attached hydrogen (secondary N) is 1. The summed E-state index contributed by atoms with van der Waals surface area (Å²) in [5.41, 5.74) is 3.11. The number of nitrogens with zero attached hydrogens (tertiary/aromatic N) is 2. The van der Waals surface area contributed by atoms with E-state index in [2.05, 4.69) is 36.2 Å². The van der Waals surface area contributed by atoms with Gasteiger partial charge in [0.2, 0.25) is 0 Å². The molecular weight excluding hydrogens is 150 g/mol. The van der Waals surface area contributed by atoms with Crippen LogP contribution in [0.5, 0.6) is 0 Å². The lowest BCUT2D eigenvalue weighted by Crippen LogP contribution is -2.41. The van der Waals surface area contributed by atoms with E-state index in [1.165, 1.54) is 12.8 Å². The fourth-order valence-electron chi connectivity index (χ4n) is 1.40. The van der Waals surface area contributed by atoms with Gasteiger partial charge >= 0.3 is 0 Å². The van der Waals surface area contributed by atoms with E-state index in [9.17, 15) is 0 Å². The van der Waals surface area contributed by atoms with E-state index < -0.39 is 0 Å². The molecule has 1 aliphatic heterocycles. The highest BCUT2D eigenvalue weighted by atomic mass is 15.5. The quantitative estimate of drug-likeness (QED) is 0.692. The van der Waals surface area contributed by atoms with Crippen LogP contribution in [0, 0.1) is 5.92 Å². The van der Waals surface area contributed by atoms with Gasteiger partial charge in [-0.15, -0.1) is 0 Å². The van der Waals surface area contributed by atoms with Crippen LogP contribution in [0.4, 0.5) is 0 Å². The molecule has 0 aromatic rings. The molecule has 1 N–H and O–H groups in total. The zero-order valence-electron chi connectivity index (χ0n) is 8.25. The lowest BCUT2D eigenvalue weighted by Gasteiger charge is -2.26. The van der Waals surface area contributed by atoms with E-state index in [0.29, 0.717) is 12.1 Å². The molecular formula is C9H19N3. The molecule has 0 aromatic heterocycles. The second kappa shape index (κ2) is 4.33. The smallest absolute Gasteiger partial charge is 0.118 e. The number of unbranched alkanes of at least 4 members (excludes halogenated alkanes) is 1. The maximum absolute atomic E-state index is 4.07. The number of hydrogen-bond acceptors (Lipinski definition) is 3. The van der Waals surface area contributed by atoms with Gasteiger partial charge in [0.05, 0.1) is 0 Å². The van der Waals surface area contributed by atoms with E-state index in [1.54, 1.807) is 0 Å². The van der Waals surface area contributed by atoms with Crippen molar-refractivity contribution in [1.29, 1.82) is 0 Å². The van der Waals surface area contributed by atoms with Gasteiger partial charge in [0.1, 0.15) is 12.5 Å². The molecule has 3 heteroatoms. The molecule has 1 rings (SSSR count). The molecule has 0 aliphatic carbocycles. The van der Waals surface area contributed by atoms with Crippen LogP contribution >= 0.6 is 0 Å². The molecule has 0 spiro atoms. The maximum Gasteiger partial charge on any atom is 0.118 e. The molecule has 1 heterocycles. The Morgan fingerprint density at radius 2 is 2.33 bits per heavy atom. The molecule has 0 fully saturated rings. The first kappa shape index (κ1) is 9.36. The molecule has 70 valence electrons. The molecule has 0 radical (unpaired) electrons. The number of rotatable bonds is 4. The van der Waals surface area contributed by atoms with Gasteiger partial charge in [0, 0.05) is 6.54 Å². The van der Waals surface area contributed by atoms with Gasteiger partial charge in [-0.1, -0.05) is 27.2 Å². The van der Waals surface area contributed by atoms with Crippen LogP contribution < -0.4 is 5.43 Å². The van der Waals surface area contributed by atoms with Gasteiger partial charge in [-0.3, -0.25) is 5.43 Å². The Labute approximate surface area is 74.8 Å². The lowest BCUT2D eigenvalue weighted by atomic mass is 10.1. The van der Waals surface area contributed by atoms with Crippen molar-refractivity contribution in [2.24, 2.45) is 11.0 Å². The number of hydrazone groups is 1. The summed E-state index contributed by atoms with van der Waals surface area (Å²) in [7, 11) is 0. The highest BCUT2D eigenvalue weighted by molar-refractivity contribution is 5.56. The Balaban J connectivity index is 2.35. The normalized spacial score (nSPS) is 22.0. The van der Waals surface area contributed by atoms with E-state index >= 15 is 0 Å². The summed E-state index contributed by atoms with van der Waals surface area (Å²) in [4.78, 5) is 2.29. The SMILES string of the molecule is CCCCN1C=NNC1C(C)C. The minimum Gasteiger partial charge on any atom is -0.339 e. The lowest BCUT2D eigenvalue weighted by molar-refractivity contribution is 0.237. The van der Waals surface area contributed by atoms with Gasteiger partial charge in [-0.25, -0.2) is 0 Å². The standard InChI is InChI=1S/C9H19N3/c1-4-5-6-12-7-10-11-9(12)8(2)3/h7-9,11H,4-6H2,1-3H3. The van der Waals surface area contributed by atoms with Crippen molar-refractivity contribution < 1.29 is 0 Å². The van der Waals surface area contributed by atoms with Gasteiger partial charge < -0.3 is 4.90 Å². The molecule has 1 atom stereocenters. The Bertz CT molecular complexity index is 154. The van der Waals surface area contributed by atoms with Crippen LogP contribution in [-0.2, 0) is 0 Å². The minimum absolute atomic E-state index is 0.413. The Kier molecular flexibility index (Phi) is 3.38. The van der Waals surface area contributed by atoms with Crippen LogP contribution in [0.1, 0.15) is 33.6 Å². The van der Waals surface area contributed by atoms with E-state index in [4.69, 9.17) is 0 Å². The predicted molar refractivity (Wildman–Crippen MR) is 51.9 cm³/mol. The summed E-state index contributed by atoms with van der Waals surface area (Å²) >= 11 is 0. The summed E-state index contributed by atoms with van der Waals surface area (Å²) in [6, 6.07) is 0. The fourth-order valence-corrected chi connectivity index (χ4v) is 1.40. The minimum atomic E-state index is 0.413. The van der Waals surface area contributed by atoms with Crippen molar-refractivity contribution in [2.45, 2.75) is 39.8 Å². The van der Waals surface area contributed by atoms with Crippen molar-refractivity contribution in [2.75, 3.05) is 6.54 Å². The summed E-state index contributed by atoms with van der Waals surface area (Å²) in [5, 5.41) is 4.07. The van der Waals surface area contributed by atoms with Gasteiger partial charge in [-0.05, 0) is 12.3 Å². The van der Waals surface area contributed by atoms with Gasteiger partial charge in [0.15, 0.2) is 0 Å². The summed E-state index contributed by atoms with van der Waals surface area (Å²) in [6.45, 7) is 7.76. The second-order valence-corrected chi connectivity index (χ2v) is 3.65. The van der Waals surface area contributed by atoms with Crippen molar-refractivity contribution in [3.63, 3.8) is 0 Å². The molecule has 0 bridgehead atoms. The van der Waals surface area contributed by atoms with E-state index in [0.717, 1.165) is 6.54 Å². The average Bonchev–Trinajstić information content (AvgIpc) is 2.48. The van der Waals surface area contributed by atoms with Crippen LogP contribution in [-0.4, -0.2) is 23.9 Å². The van der Waals surface area contributed by atoms with Crippen molar-refractivity contribution in [3.05, 3.63) is 0 Å². The Morgan fingerprint density at radius 3 is 2.92 bits per heavy atom. The Hall–Kier alpha value is -0.730. The van der Waals surface area contributed by atoms with Crippen LogP contribution in [0.15, 0.2) is 5.10 Å². The fraction of sp³-hybridized carbons (Fsp3) is 0.889. The molecule has 0 saturated heterocycles. The Morgan fingerprint density at radius 1 is 1.58 bits per heavy atom. The highest BCUT2D eigenvalue weighted by Crippen LogP contribution is 2.10. The average molecular weight is 169 g/mol. The maximum atomic E-state index is 4.07. The predicted octanol–water partition coefficient (Wildman–Crippen LogP) is 1.62. The third-order valence-electron chi connectivity index (χ3n) is 2.17. The van der Waals surface area contributed by atoms with Gasteiger partial charge in [0.25, 0.3) is 0 Å². The van der Waals surface area contributed by atoms with Crippen molar-refractivity contribution in [3.8, 4) is 0 Å². The molecule has 1 unspecified atom stereocenters. The molecule has 0 amide bonds. The third-order valence-corrected chi connectivity index (χ3v) is 2.17. The molecule has 3 nitrogen and oxygen atoms in total. The van der Waals surface area contributed by atoms with Crippen molar-refractivity contribution >= 4 is 6.34 Å². The summed E-state index contributed by atoms with van der Waals surface area (Å²) in [6.07, 6.45) is 4.82. The first-order chi connectivity index (χ1) is 5.75. The molecule has 0 saturated carbocycles. The van der Waals surface area contributed by atoms with Crippen LogP contribution in [0.2, 0.25) is 0 Å². The van der Waals surface area contributed by atoms with E-state index in [1.807, 2.05) is 6.34 Å². The molecule has 12 heavy (non-hydrogen) atoms. The summed E-state index contributed by atoms with van der Waals surface area (Å²) in [5.74, 6) is 0.615. The zero-order valence-corrected chi connectivity index (χ0v) is 8.25. The second-order valence-electron chi connectivity index (χ2n) is 3.65. The monoisotopic (exact) mass is 169 g/mol. The number of hydrogen-bond donors (Lipinski definition) is 1. The molecule has 0 aromatic carbocycles.